The standard InChI is InChI=1S/C16H16BrNO2/c1-11-5-6-14(8-15(11)19)16(20)18-10-13-4-2-3-12(7-13)9-17/h2-8,19H,9-10H2,1H3,(H,18,20). The summed E-state index contributed by atoms with van der Waals surface area (Å²) in [7, 11) is 0. The maximum absolute atomic E-state index is 12.0. The zero-order chi connectivity index (χ0) is 14.5. The Kier molecular flexibility index (Phi) is 4.79. The Morgan fingerprint density at radius 1 is 1.20 bits per heavy atom. The molecule has 0 atom stereocenters. The molecule has 0 aliphatic rings. The molecule has 2 N–H and O–H groups in total. The summed E-state index contributed by atoms with van der Waals surface area (Å²) in [6, 6.07) is 12.9. The highest BCUT2D eigenvalue weighted by molar-refractivity contribution is 9.08. The van der Waals surface area contributed by atoms with E-state index in [1.807, 2.05) is 24.3 Å². The van der Waals surface area contributed by atoms with Crippen molar-refractivity contribution in [3.8, 4) is 5.75 Å². The first kappa shape index (κ1) is 14.6. The van der Waals surface area contributed by atoms with Crippen LogP contribution in [-0.2, 0) is 11.9 Å². The number of rotatable bonds is 4. The first-order valence-corrected chi connectivity index (χ1v) is 7.44. The molecular formula is C16H16BrNO2. The predicted octanol–water partition coefficient (Wildman–Crippen LogP) is 3.53. The lowest BCUT2D eigenvalue weighted by Crippen LogP contribution is -2.22. The Morgan fingerprint density at radius 2 is 1.95 bits per heavy atom. The monoisotopic (exact) mass is 333 g/mol. The third-order valence-electron chi connectivity index (χ3n) is 3.07. The number of phenols is 1. The molecule has 3 nitrogen and oxygen atoms in total. The molecule has 1 amide bonds. The second-order valence-corrected chi connectivity index (χ2v) is 5.20. The molecular weight excluding hydrogens is 318 g/mol. The number of halogens is 1. The molecule has 0 aliphatic heterocycles. The molecule has 2 rings (SSSR count). The molecule has 0 radical (unpaired) electrons. The van der Waals surface area contributed by atoms with E-state index in [-0.39, 0.29) is 11.7 Å². The van der Waals surface area contributed by atoms with E-state index >= 15 is 0 Å². The molecule has 104 valence electrons. The van der Waals surface area contributed by atoms with Gasteiger partial charge in [-0.05, 0) is 35.7 Å². The summed E-state index contributed by atoms with van der Waals surface area (Å²) in [6.07, 6.45) is 0. The molecule has 20 heavy (non-hydrogen) atoms. The first-order chi connectivity index (χ1) is 9.60. The van der Waals surface area contributed by atoms with Gasteiger partial charge in [0.2, 0.25) is 0 Å². The Bertz CT molecular complexity index is 626. The van der Waals surface area contributed by atoms with Crippen molar-refractivity contribution in [2.45, 2.75) is 18.8 Å². The summed E-state index contributed by atoms with van der Waals surface area (Å²) in [5, 5.41) is 13.3. The van der Waals surface area contributed by atoms with Gasteiger partial charge in [0.1, 0.15) is 5.75 Å². The number of benzene rings is 2. The van der Waals surface area contributed by atoms with Gasteiger partial charge in [0.05, 0.1) is 0 Å². The number of amides is 1. The molecule has 0 aromatic heterocycles. The fourth-order valence-electron chi connectivity index (χ4n) is 1.86. The maximum atomic E-state index is 12.0. The highest BCUT2D eigenvalue weighted by Gasteiger charge is 2.07. The molecule has 4 heteroatoms. The summed E-state index contributed by atoms with van der Waals surface area (Å²) in [5.41, 5.74) is 3.44. The minimum absolute atomic E-state index is 0.138. The van der Waals surface area contributed by atoms with Gasteiger partial charge in [-0.15, -0.1) is 0 Å². The van der Waals surface area contributed by atoms with Crippen LogP contribution in [0.2, 0.25) is 0 Å². The van der Waals surface area contributed by atoms with Crippen LogP contribution in [0, 0.1) is 6.92 Å². The lowest BCUT2D eigenvalue weighted by Gasteiger charge is -2.07. The Labute approximate surface area is 126 Å². The van der Waals surface area contributed by atoms with Crippen LogP contribution in [0.3, 0.4) is 0 Å². The van der Waals surface area contributed by atoms with Crippen molar-refractivity contribution in [2.24, 2.45) is 0 Å². The third-order valence-corrected chi connectivity index (χ3v) is 3.72. The average molecular weight is 334 g/mol. The van der Waals surface area contributed by atoms with Gasteiger partial charge in [0, 0.05) is 17.4 Å². The lowest BCUT2D eigenvalue weighted by atomic mass is 10.1. The van der Waals surface area contributed by atoms with Crippen LogP contribution in [0.1, 0.15) is 27.0 Å². The summed E-state index contributed by atoms with van der Waals surface area (Å²) in [4.78, 5) is 12.0. The normalized spacial score (nSPS) is 10.3. The lowest BCUT2D eigenvalue weighted by molar-refractivity contribution is 0.0950. The van der Waals surface area contributed by atoms with Gasteiger partial charge in [-0.1, -0.05) is 46.3 Å². The van der Waals surface area contributed by atoms with E-state index < -0.39 is 0 Å². The fraction of sp³-hybridized carbons (Fsp3) is 0.188. The molecule has 0 bridgehead atoms. The Balaban J connectivity index is 2.02. The molecule has 2 aromatic rings. The summed E-state index contributed by atoms with van der Waals surface area (Å²) in [5.74, 6) is -0.0523. The summed E-state index contributed by atoms with van der Waals surface area (Å²) < 4.78 is 0. The highest BCUT2D eigenvalue weighted by atomic mass is 79.9. The second-order valence-electron chi connectivity index (χ2n) is 4.64. The van der Waals surface area contributed by atoms with Crippen molar-refractivity contribution in [2.75, 3.05) is 0 Å². The molecule has 0 unspecified atom stereocenters. The number of carbonyl (C=O) groups is 1. The summed E-state index contributed by atoms with van der Waals surface area (Å²) in [6.45, 7) is 2.26. The van der Waals surface area contributed by atoms with Crippen molar-refractivity contribution in [3.63, 3.8) is 0 Å². The van der Waals surface area contributed by atoms with Gasteiger partial charge in [-0.3, -0.25) is 4.79 Å². The maximum Gasteiger partial charge on any atom is 0.251 e. The number of aromatic hydroxyl groups is 1. The van der Waals surface area contributed by atoms with Gasteiger partial charge >= 0.3 is 0 Å². The smallest absolute Gasteiger partial charge is 0.251 e. The minimum Gasteiger partial charge on any atom is -0.508 e. The molecule has 0 aliphatic carbocycles. The van der Waals surface area contributed by atoms with E-state index in [0.29, 0.717) is 12.1 Å². The van der Waals surface area contributed by atoms with E-state index in [1.54, 1.807) is 19.1 Å². The third kappa shape index (κ3) is 3.61. The van der Waals surface area contributed by atoms with Crippen LogP contribution in [0.25, 0.3) is 0 Å². The largest absolute Gasteiger partial charge is 0.508 e. The number of hydrogen-bond acceptors (Lipinski definition) is 2. The molecule has 0 heterocycles. The van der Waals surface area contributed by atoms with Crippen LogP contribution in [0.5, 0.6) is 5.75 Å². The van der Waals surface area contributed by atoms with Gasteiger partial charge < -0.3 is 10.4 Å². The van der Waals surface area contributed by atoms with Crippen molar-refractivity contribution in [1.29, 1.82) is 0 Å². The zero-order valence-electron chi connectivity index (χ0n) is 11.2. The van der Waals surface area contributed by atoms with Crippen molar-refractivity contribution < 1.29 is 9.90 Å². The van der Waals surface area contributed by atoms with Crippen LogP contribution in [0.4, 0.5) is 0 Å². The Hall–Kier alpha value is -1.81. The number of phenolic OH excluding ortho intramolecular Hbond substituents is 1. The highest BCUT2D eigenvalue weighted by Crippen LogP contribution is 2.17. The van der Waals surface area contributed by atoms with E-state index in [2.05, 4.69) is 21.2 Å². The van der Waals surface area contributed by atoms with Crippen molar-refractivity contribution >= 4 is 21.8 Å². The van der Waals surface area contributed by atoms with Gasteiger partial charge in [0.25, 0.3) is 5.91 Å². The van der Waals surface area contributed by atoms with Crippen molar-refractivity contribution in [1.82, 2.24) is 5.32 Å². The van der Waals surface area contributed by atoms with Gasteiger partial charge in [0.15, 0.2) is 0 Å². The second kappa shape index (κ2) is 6.57. The molecule has 0 saturated carbocycles. The number of alkyl halides is 1. The zero-order valence-corrected chi connectivity index (χ0v) is 12.8. The molecule has 0 spiro atoms. The molecule has 0 saturated heterocycles. The fourth-order valence-corrected chi connectivity index (χ4v) is 2.21. The number of carbonyl (C=O) groups excluding carboxylic acids is 1. The summed E-state index contributed by atoms with van der Waals surface area (Å²) >= 11 is 3.41. The van der Waals surface area contributed by atoms with E-state index in [0.717, 1.165) is 16.5 Å². The topological polar surface area (TPSA) is 49.3 Å². The SMILES string of the molecule is Cc1ccc(C(=O)NCc2cccc(CBr)c2)cc1O. The van der Waals surface area contributed by atoms with E-state index in [9.17, 15) is 9.90 Å². The predicted molar refractivity (Wildman–Crippen MR) is 83.1 cm³/mol. The molecule has 2 aromatic carbocycles. The van der Waals surface area contributed by atoms with Crippen LogP contribution >= 0.6 is 15.9 Å². The van der Waals surface area contributed by atoms with Crippen molar-refractivity contribution in [3.05, 3.63) is 64.7 Å². The van der Waals surface area contributed by atoms with Crippen LogP contribution < -0.4 is 5.32 Å². The Morgan fingerprint density at radius 3 is 2.65 bits per heavy atom. The van der Waals surface area contributed by atoms with Crippen LogP contribution in [-0.4, -0.2) is 11.0 Å². The van der Waals surface area contributed by atoms with E-state index in [4.69, 9.17) is 0 Å². The van der Waals surface area contributed by atoms with Gasteiger partial charge in [-0.2, -0.15) is 0 Å². The average Bonchev–Trinajstić information content (AvgIpc) is 2.47. The number of hydrogen-bond donors (Lipinski definition) is 2. The van der Waals surface area contributed by atoms with E-state index in [1.165, 1.54) is 11.6 Å². The quantitative estimate of drug-likeness (QED) is 0.841. The minimum atomic E-state index is -0.190. The number of nitrogens with one attached hydrogen (secondary N) is 1. The number of aryl methyl sites for hydroxylation is 1. The van der Waals surface area contributed by atoms with Gasteiger partial charge in [-0.25, -0.2) is 0 Å². The molecule has 0 fully saturated rings. The van der Waals surface area contributed by atoms with Crippen LogP contribution in [0.15, 0.2) is 42.5 Å². The first-order valence-electron chi connectivity index (χ1n) is 6.32.